The highest BCUT2D eigenvalue weighted by Gasteiger charge is 2.30. The van der Waals surface area contributed by atoms with Gasteiger partial charge in [0.05, 0.1) is 26.4 Å². The van der Waals surface area contributed by atoms with Crippen LogP contribution < -0.4 is 0 Å². The van der Waals surface area contributed by atoms with Crippen LogP contribution in [0.15, 0.2) is 0 Å². The minimum Gasteiger partial charge on any atom is -0.462 e. The second-order valence-electron chi connectivity index (χ2n) is 26.2. The third-order valence-electron chi connectivity index (χ3n) is 16.9. The Balaban J connectivity index is 5.23. The Morgan fingerprint density at radius 3 is 0.854 bits per heavy atom. The molecule has 0 aromatic rings. The zero-order chi connectivity index (χ0) is 65.9. The fourth-order valence-corrected chi connectivity index (χ4v) is 12.1. The zero-order valence-corrected chi connectivity index (χ0v) is 59.7. The van der Waals surface area contributed by atoms with Crippen molar-refractivity contribution in [3.63, 3.8) is 0 Å². The first-order chi connectivity index (χ1) is 42.8. The van der Waals surface area contributed by atoms with Gasteiger partial charge in [-0.1, -0.05) is 299 Å². The van der Waals surface area contributed by atoms with E-state index < -0.39 is 97.5 Å². The number of phosphoric ester groups is 2. The van der Waals surface area contributed by atoms with Crippen LogP contribution in [0.25, 0.3) is 0 Å². The minimum atomic E-state index is -4.95. The van der Waals surface area contributed by atoms with Crippen LogP contribution in [-0.4, -0.2) is 96.7 Å². The molecule has 89 heavy (non-hydrogen) atoms. The largest absolute Gasteiger partial charge is 0.472 e. The monoisotopic (exact) mass is 1310 g/mol. The van der Waals surface area contributed by atoms with Gasteiger partial charge in [-0.15, -0.1) is 0 Å². The molecule has 0 aliphatic rings. The molecule has 0 heterocycles. The van der Waals surface area contributed by atoms with E-state index in [2.05, 4.69) is 48.5 Å². The van der Waals surface area contributed by atoms with Crippen molar-refractivity contribution in [2.24, 2.45) is 17.8 Å². The highest BCUT2D eigenvalue weighted by molar-refractivity contribution is 7.47. The van der Waals surface area contributed by atoms with Crippen LogP contribution >= 0.6 is 15.6 Å². The molecule has 0 radical (unpaired) electrons. The summed E-state index contributed by atoms with van der Waals surface area (Å²) in [5.74, 6) is 0.194. The van der Waals surface area contributed by atoms with Gasteiger partial charge in [-0.3, -0.25) is 37.3 Å². The fourth-order valence-electron chi connectivity index (χ4n) is 10.5. The van der Waals surface area contributed by atoms with Crippen LogP contribution in [0, 0.1) is 17.8 Å². The van der Waals surface area contributed by atoms with Crippen LogP contribution in [0.1, 0.15) is 350 Å². The van der Waals surface area contributed by atoms with Gasteiger partial charge in [-0.05, 0) is 43.4 Å². The number of carbonyl (C=O) groups excluding carboxylic acids is 4. The lowest BCUT2D eigenvalue weighted by Gasteiger charge is -2.21. The first kappa shape index (κ1) is 87.1. The molecule has 19 heteroatoms. The molecule has 0 bridgehead atoms. The Hall–Kier alpha value is -1.94. The fraction of sp³-hybridized carbons (Fsp3) is 0.943. The van der Waals surface area contributed by atoms with Gasteiger partial charge >= 0.3 is 39.5 Å². The van der Waals surface area contributed by atoms with Gasteiger partial charge in [0.15, 0.2) is 12.2 Å². The predicted octanol–water partition coefficient (Wildman–Crippen LogP) is 19.8. The average Bonchev–Trinajstić information content (AvgIpc) is 3.54. The molecule has 528 valence electrons. The molecule has 0 aromatic heterocycles. The molecule has 0 aliphatic carbocycles. The molecule has 0 aliphatic heterocycles. The standard InChI is InChI=1S/C70H136O17P2/c1-8-11-12-13-14-29-37-44-51-67(72)80-58-66(87-70(75)54-47-40-33-32-36-43-50-63(7)10-3)60-85-89(78,79)83-56-64(71)55-82-88(76,77)84-59-65(57-81-68(73)52-45-38-30-25-22-21-24-28-35-42-49-62(6)9-2)86-69(74)53-46-39-31-26-20-18-16-15-17-19-23-27-34-41-48-61(4)5/h61-66,71H,8-60H2,1-7H3,(H,76,77)(H,78,79)/t62?,63?,64-,65-,66-/m1/s1. The van der Waals surface area contributed by atoms with E-state index in [-0.39, 0.29) is 25.7 Å². The molecule has 0 amide bonds. The number of rotatable bonds is 68. The molecule has 0 aromatic carbocycles. The van der Waals surface area contributed by atoms with Crippen molar-refractivity contribution in [1.82, 2.24) is 0 Å². The Labute approximate surface area is 543 Å². The van der Waals surface area contributed by atoms with Crippen LogP contribution in [-0.2, 0) is 65.4 Å². The van der Waals surface area contributed by atoms with E-state index >= 15 is 0 Å². The number of ether oxygens (including phenoxy) is 4. The van der Waals surface area contributed by atoms with Gasteiger partial charge in [-0.25, -0.2) is 9.13 Å². The number of esters is 4. The lowest BCUT2D eigenvalue weighted by atomic mass is 9.99. The maximum absolute atomic E-state index is 13.0. The molecule has 3 N–H and O–H groups in total. The molecule has 17 nitrogen and oxygen atoms in total. The minimum absolute atomic E-state index is 0.103. The molecule has 7 atom stereocenters. The third kappa shape index (κ3) is 62.0. The second-order valence-corrected chi connectivity index (χ2v) is 29.1. The quantitative estimate of drug-likeness (QED) is 0.0222. The number of carbonyl (C=O) groups is 4. The molecule has 0 fully saturated rings. The molecule has 0 saturated heterocycles. The van der Waals surface area contributed by atoms with Gasteiger partial charge in [-0.2, -0.15) is 0 Å². The second kappa shape index (κ2) is 61.0. The lowest BCUT2D eigenvalue weighted by Crippen LogP contribution is -2.30. The van der Waals surface area contributed by atoms with Gasteiger partial charge in [0.1, 0.15) is 19.3 Å². The zero-order valence-electron chi connectivity index (χ0n) is 57.9. The summed E-state index contributed by atoms with van der Waals surface area (Å²) >= 11 is 0. The van der Waals surface area contributed by atoms with Crippen molar-refractivity contribution >= 4 is 39.5 Å². The van der Waals surface area contributed by atoms with E-state index in [0.29, 0.717) is 25.7 Å². The van der Waals surface area contributed by atoms with E-state index in [9.17, 15) is 43.2 Å². The number of aliphatic hydroxyl groups excluding tert-OH is 1. The third-order valence-corrected chi connectivity index (χ3v) is 18.8. The van der Waals surface area contributed by atoms with E-state index in [1.807, 2.05) is 0 Å². The van der Waals surface area contributed by atoms with Crippen molar-refractivity contribution in [3.8, 4) is 0 Å². The first-order valence-corrected chi connectivity index (χ1v) is 39.4. The van der Waals surface area contributed by atoms with Crippen molar-refractivity contribution in [2.75, 3.05) is 39.6 Å². The van der Waals surface area contributed by atoms with E-state index in [4.69, 9.17) is 37.0 Å². The highest BCUT2D eigenvalue weighted by atomic mass is 31.2. The molecular weight excluding hydrogens is 1170 g/mol. The summed E-state index contributed by atoms with van der Waals surface area (Å²) < 4.78 is 68.2. The Bertz CT molecular complexity index is 1750. The predicted molar refractivity (Wildman–Crippen MR) is 358 cm³/mol. The maximum Gasteiger partial charge on any atom is 0.472 e. The summed E-state index contributed by atoms with van der Waals surface area (Å²) in [6, 6.07) is 0. The maximum atomic E-state index is 13.0. The topological polar surface area (TPSA) is 237 Å². The van der Waals surface area contributed by atoms with Crippen LogP contribution in [0.2, 0.25) is 0 Å². The molecule has 0 saturated carbocycles. The van der Waals surface area contributed by atoms with Crippen molar-refractivity contribution < 1.29 is 80.2 Å². The number of phosphoric acid groups is 2. The molecule has 0 spiro atoms. The summed E-state index contributed by atoms with van der Waals surface area (Å²) in [7, 11) is -9.90. The number of hydrogen-bond donors (Lipinski definition) is 3. The Kier molecular flexibility index (Phi) is 59.6. The van der Waals surface area contributed by atoms with Crippen molar-refractivity contribution in [2.45, 2.75) is 369 Å². The van der Waals surface area contributed by atoms with Crippen LogP contribution in [0.5, 0.6) is 0 Å². The summed E-state index contributed by atoms with van der Waals surface area (Å²) in [5.41, 5.74) is 0. The SMILES string of the molecule is CCCCCCCCCCC(=O)OC[C@H](COP(=O)(O)OC[C@H](O)COP(=O)(O)OC[C@@H](COC(=O)CCCCCCCCCCCCC(C)CC)OC(=O)CCCCCCCCCCCCCCCCC(C)C)OC(=O)CCCCCCCCC(C)CC. The van der Waals surface area contributed by atoms with Gasteiger partial charge in [0.25, 0.3) is 0 Å². The highest BCUT2D eigenvalue weighted by Crippen LogP contribution is 2.45. The number of hydrogen-bond acceptors (Lipinski definition) is 15. The first-order valence-electron chi connectivity index (χ1n) is 36.4. The normalized spacial score (nSPS) is 14.8. The van der Waals surface area contributed by atoms with Gasteiger partial charge in [0.2, 0.25) is 0 Å². The Morgan fingerprint density at radius 1 is 0.326 bits per heavy atom. The molecule has 0 rings (SSSR count). The Morgan fingerprint density at radius 2 is 0.573 bits per heavy atom. The van der Waals surface area contributed by atoms with Gasteiger partial charge in [0, 0.05) is 25.7 Å². The lowest BCUT2D eigenvalue weighted by molar-refractivity contribution is -0.161. The summed E-state index contributed by atoms with van der Waals surface area (Å²) in [4.78, 5) is 72.4. The summed E-state index contributed by atoms with van der Waals surface area (Å²) in [6.45, 7) is 11.8. The van der Waals surface area contributed by atoms with Crippen LogP contribution in [0.3, 0.4) is 0 Å². The summed E-state index contributed by atoms with van der Waals surface area (Å²) in [5, 5.41) is 10.6. The average molecular weight is 1310 g/mol. The number of aliphatic hydroxyl groups is 1. The number of unbranched alkanes of at least 4 members (excludes halogenated alkanes) is 34. The van der Waals surface area contributed by atoms with Crippen molar-refractivity contribution in [1.29, 1.82) is 0 Å². The molecular formula is C70H136O17P2. The van der Waals surface area contributed by atoms with Crippen molar-refractivity contribution in [3.05, 3.63) is 0 Å². The van der Waals surface area contributed by atoms with Crippen LogP contribution in [0.4, 0.5) is 0 Å². The van der Waals surface area contributed by atoms with E-state index in [1.54, 1.807) is 0 Å². The van der Waals surface area contributed by atoms with E-state index in [1.165, 1.54) is 154 Å². The van der Waals surface area contributed by atoms with Gasteiger partial charge < -0.3 is 33.8 Å². The summed E-state index contributed by atoms with van der Waals surface area (Å²) in [6.07, 6.45) is 44.4. The molecule has 4 unspecified atom stereocenters. The smallest absolute Gasteiger partial charge is 0.462 e. The van der Waals surface area contributed by atoms with E-state index in [0.717, 1.165) is 114 Å².